The zero-order valence-corrected chi connectivity index (χ0v) is 13.6. The quantitative estimate of drug-likeness (QED) is 0.564. The summed E-state index contributed by atoms with van der Waals surface area (Å²) in [6, 6.07) is 23.8. The predicted molar refractivity (Wildman–Crippen MR) is 100 cm³/mol. The first-order valence-corrected chi connectivity index (χ1v) is 7.91. The minimum atomic E-state index is -0.436. The van der Waals surface area contributed by atoms with Crippen LogP contribution >= 0.6 is 0 Å². The van der Waals surface area contributed by atoms with Gasteiger partial charge in [-0.2, -0.15) is 0 Å². The van der Waals surface area contributed by atoms with Gasteiger partial charge in [-0.3, -0.25) is 9.59 Å². The standard InChI is InChI=1S/C22H17NO2/c23-22(25)20-14-10-17(11-15-20)7-6-16-8-12-19(13-9-16)21(24)18-4-2-1-3-5-18/h1-15H,(H2,23,25)/b7-6+. The number of hydrogen-bond donors (Lipinski definition) is 1. The number of carbonyl (C=O) groups is 2. The van der Waals surface area contributed by atoms with Crippen molar-refractivity contribution in [2.75, 3.05) is 0 Å². The zero-order chi connectivity index (χ0) is 17.6. The summed E-state index contributed by atoms with van der Waals surface area (Å²) in [4.78, 5) is 23.4. The van der Waals surface area contributed by atoms with Crippen LogP contribution in [0.1, 0.15) is 37.4 Å². The van der Waals surface area contributed by atoms with Gasteiger partial charge in [0.15, 0.2) is 5.78 Å². The maximum absolute atomic E-state index is 12.4. The van der Waals surface area contributed by atoms with E-state index in [0.717, 1.165) is 11.1 Å². The molecule has 3 nitrogen and oxygen atoms in total. The molecule has 0 spiro atoms. The normalized spacial score (nSPS) is 10.7. The highest BCUT2D eigenvalue weighted by molar-refractivity contribution is 6.09. The average molecular weight is 327 g/mol. The van der Waals surface area contributed by atoms with Crippen LogP contribution in [0, 0.1) is 0 Å². The van der Waals surface area contributed by atoms with E-state index < -0.39 is 5.91 Å². The Bertz CT molecular complexity index is 909. The van der Waals surface area contributed by atoms with Crippen LogP contribution in [0.4, 0.5) is 0 Å². The van der Waals surface area contributed by atoms with E-state index in [4.69, 9.17) is 5.73 Å². The molecule has 3 aromatic carbocycles. The number of amides is 1. The van der Waals surface area contributed by atoms with E-state index in [1.807, 2.05) is 78.9 Å². The summed E-state index contributed by atoms with van der Waals surface area (Å²) < 4.78 is 0. The Kier molecular flexibility index (Phi) is 4.86. The van der Waals surface area contributed by atoms with Crippen LogP contribution in [-0.2, 0) is 0 Å². The highest BCUT2D eigenvalue weighted by Gasteiger charge is 2.07. The number of hydrogen-bond acceptors (Lipinski definition) is 2. The molecule has 0 aromatic heterocycles. The van der Waals surface area contributed by atoms with Crippen molar-refractivity contribution in [3.8, 4) is 0 Å². The highest BCUT2D eigenvalue weighted by Crippen LogP contribution is 2.14. The lowest BCUT2D eigenvalue weighted by Gasteiger charge is -2.02. The summed E-state index contributed by atoms with van der Waals surface area (Å²) >= 11 is 0. The molecule has 0 aliphatic heterocycles. The molecule has 122 valence electrons. The van der Waals surface area contributed by atoms with Crippen molar-refractivity contribution in [1.29, 1.82) is 0 Å². The van der Waals surface area contributed by atoms with E-state index in [1.54, 1.807) is 12.1 Å². The Balaban J connectivity index is 1.72. The van der Waals surface area contributed by atoms with Gasteiger partial charge in [-0.15, -0.1) is 0 Å². The van der Waals surface area contributed by atoms with E-state index in [9.17, 15) is 9.59 Å². The molecule has 2 N–H and O–H groups in total. The molecule has 0 unspecified atom stereocenters. The number of benzene rings is 3. The molecule has 0 aliphatic carbocycles. The molecule has 25 heavy (non-hydrogen) atoms. The van der Waals surface area contributed by atoms with Crippen LogP contribution in [-0.4, -0.2) is 11.7 Å². The van der Waals surface area contributed by atoms with Crippen LogP contribution in [0.3, 0.4) is 0 Å². The van der Waals surface area contributed by atoms with Crippen molar-refractivity contribution in [2.45, 2.75) is 0 Å². The summed E-state index contributed by atoms with van der Waals surface area (Å²) in [5, 5.41) is 0. The minimum absolute atomic E-state index is 0.0122. The van der Waals surface area contributed by atoms with Crippen molar-refractivity contribution >= 4 is 23.8 Å². The van der Waals surface area contributed by atoms with Crippen molar-refractivity contribution in [2.24, 2.45) is 5.73 Å². The van der Waals surface area contributed by atoms with E-state index in [0.29, 0.717) is 16.7 Å². The Hall–Kier alpha value is -3.46. The Labute approximate surface area is 146 Å². The van der Waals surface area contributed by atoms with Gasteiger partial charge in [0.05, 0.1) is 0 Å². The van der Waals surface area contributed by atoms with Gasteiger partial charge in [-0.05, 0) is 23.3 Å². The van der Waals surface area contributed by atoms with Gasteiger partial charge in [-0.25, -0.2) is 0 Å². The smallest absolute Gasteiger partial charge is 0.248 e. The fourth-order valence-electron chi connectivity index (χ4n) is 2.45. The molecule has 3 aromatic rings. The molecule has 0 radical (unpaired) electrons. The van der Waals surface area contributed by atoms with E-state index in [1.165, 1.54) is 0 Å². The number of rotatable bonds is 5. The highest BCUT2D eigenvalue weighted by atomic mass is 16.1. The van der Waals surface area contributed by atoms with Crippen LogP contribution in [0.5, 0.6) is 0 Å². The summed E-state index contributed by atoms with van der Waals surface area (Å²) in [7, 11) is 0. The molecular weight excluding hydrogens is 310 g/mol. The summed E-state index contributed by atoms with van der Waals surface area (Å²) in [6.07, 6.45) is 3.90. The van der Waals surface area contributed by atoms with Gasteiger partial charge in [-0.1, -0.05) is 78.9 Å². The topological polar surface area (TPSA) is 60.2 Å². The van der Waals surface area contributed by atoms with E-state index in [-0.39, 0.29) is 5.78 Å². The number of carbonyl (C=O) groups excluding carboxylic acids is 2. The van der Waals surface area contributed by atoms with Crippen molar-refractivity contribution < 1.29 is 9.59 Å². The first-order valence-electron chi connectivity index (χ1n) is 7.91. The number of ketones is 1. The minimum Gasteiger partial charge on any atom is -0.366 e. The van der Waals surface area contributed by atoms with Crippen LogP contribution in [0.15, 0.2) is 78.9 Å². The summed E-state index contributed by atoms with van der Waals surface area (Å²) in [5.74, 6) is -0.424. The fourth-order valence-corrected chi connectivity index (χ4v) is 2.45. The second-order valence-electron chi connectivity index (χ2n) is 5.64. The second-order valence-corrected chi connectivity index (χ2v) is 5.64. The van der Waals surface area contributed by atoms with Gasteiger partial charge in [0.2, 0.25) is 5.91 Å². The average Bonchev–Trinajstić information content (AvgIpc) is 2.67. The molecular formula is C22H17NO2. The Morgan fingerprint density at radius 3 is 1.52 bits per heavy atom. The van der Waals surface area contributed by atoms with Gasteiger partial charge in [0, 0.05) is 16.7 Å². The third-order valence-electron chi connectivity index (χ3n) is 3.87. The molecule has 0 heterocycles. The maximum atomic E-state index is 12.4. The van der Waals surface area contributed by atoms with Gasteiger partial charge in [0.1, 0.15) is 0 Å². The van der Waals surface area contributed by atoms with E-state index >= 15 is 0 Å². The number of nitrogens with two attached hydrogens (primary N) is 1. The van der Waals surface area contributed by atoms with Crippen LogP contribution < -0.4 is 5.73 Å². The first-order chi connectivity index (χ1) is 12.1. The molecule has 0 aliphatic rings. The van der Waals surface area contributed by atoms with E-state index in [2.05, 4.69) is 0 Å². The van der Waals surface area contributed by atoms with Gasteiger partial charge >= 0.3 is 0 Å². The molecule has 1 amide bonds. The zero-order valence-electron chi connectivity index (χ0n) is 13.6. The Morgan fingerprint density at radius 2 is 1.04 bits per heavy atom. The largest absolute Gasteiger partial charge is 0.366 e. The third-order valence-corrected chi connectivity index (χ3v) is 3.87. The van der Waals surface area contributed by atoms with Gasteiger partial charge in [0.25, 0.3) is 0 Å². The summed E-state index contributed by atoms with van der Waals surface area (Å²) in [5.41, 5.74) is 9.01. The molecule has 0 saturated carbocycles. The molecule has 0 fully saturated rings. The maximum Gasteiger partial charge on any atom is 0.248 e. The third kappa shape index (κ3) is 4.09. The fraction of sp³-hybridized carbons (Fsp3) is 0. The lowest BCUT2D eigenvalue weighted by Crippen LogP contribution is -2.10. The summed E-state index contributed by atoms with van der Waals surface area (Å²) in [6.45, 7) is 0. The molecule has 3 heteroatoms. The van der Waals surface area contributed by atoms with Crippen LogP contribution in [0.2, 0.25) is 0 Å². The lowest BCUT2D eigenvalue weighted by atomic mass is 10.0. The Morgan fingerprint density at radius 1 is 0.600 bits per heavy atom. The van der Waals surface area contributed by atoms with Gasteiger partial charge < -0.3 is 5.73 Å². The first kappa shape index (κ1) is 16.4. The molecule has 3 rings (SSSR count). The van der Waals surface area contributed by atoms with Crippen molar-refractivity contribution in [3.63, 3.8) is 0 Å². The molecule has 0 atom stereocenters. The van der Waals surface area contributed by atoms with Crippen LogP contribution in [0.25, 0.3) is 12.2 Å². The lowest BCUT2D eigenvalue weighted by molar-refractivity contribution is 0.0998. The molecule has 0 saturated heterocycles. The SMILES string of the molecule is NC(=O)c1ccc(/C=C/c2ccc(C(=O)c3ccccc3)cc2)cc1. The van der Waals surface area contributed by atoms with Crippen molar-refractivity contribution in [3.05, 3.63) is 107 Å². The predicted octanol–water partition coefficient (Wildman–Crippen LogP) is 4.19. The van der Waals surface area contributed by atoms with Crippen molar-refractivity contribution in [1.82, 2.24) is 0 Å². The monoisotopic (exact) mass is 327 g/mol. The molecule has 0 bridgehead atoms. The second kappa shape index (κ2) is 7.41. The number of primary amides is 1.